The van der Waals surface area contributed by atoms with E-state index in [1.54, 1.807) is 4.90 Å². The molecule has 1 aliphatic heterocycles. The van der Waals surface area contributed by atoms with Gasteiger partial charge in [0.05, 0.1) is 16.3 Å². The van der Waals surface area contributed by atoms with Crippen LogP contribution in [-0.2, 0) is 11.4 Å². The number of aliphatic imine (C=N–C) groups is 1. The number of carbonyl (C=O) groups is 1. The van der Waals surface area contributed by atoms with Crippen LogP contribution in [0.25, 0.3) is 6.08 Å². The van der Waals surface area contributed by atoms with Crippen LogP contribution in [0.1, 0.15) is 22.4 Å². The molecule has 1 fully saturated rings. The zero-order chi connectivity index (χ0) is 24.2. The number of hydrogen-bond donors (Lipinski definition) is 0. The zero-order valence-electron chi connectivity index (χ0n) is 19.3. The topological polar surface area (TPSA) is 54.8 Å². The molecule has 3 aromatic carbocycles. The van der Waals surface area contributed by atoms with Gasteiger partial charge < -0.3 is 4.74 Å². The zero-order valence-corrected chi connectivity index (χ0v) is 21.0. The van der Waals surface area contributed by atoms with Gasteiger partial charge in [-0.15, -0.1) is 11.3 Å². The van der Waals surface area contributed by atoms with Gasteiger partial charge in [0.1, 0.15) is 12.4 Å². The fourth-order valence-electron chi connectivity index (χ4n) is 3.52. The summed E-state index contributed by atoms with van der Waals surface area (Å²) in [6.45, 7) is 4.48. The van der Waals surface area contributed by atoms with Gasteiger partial charge >= 0.3 is 0 Å². The molecule has 35 heavy (non-hydrogen) atoms. The van der Waals surface area contributed by atoms with Crippen LogP contribution in [0.3, 0.4) is 0 Å². The van der Waals surface area contributed by atoms with E-state index >= 15 is 0 Å². The summed E-state index contributed by atoms with van der Waals surface area (Å²) in [5.41, 5.74) is 4.90. The van der Waals surface area contributed by atoms with Gasteiger partial charge in [-0.1, -0.05) is 60.2 Å². The van der Waals surface area contributed by atoms with Crippen molar-refractivity contribution in [2.45, 2.75) is 20.5 Å². The van der Waals surface area contributed by atoms with Crippen molar-refractivity contribution >= 4 is 51.1 Å². The normalized spacial score (nSPS) is 15.8. The van der Waals surface area contributed by atoms with Crippen molar-refractivity contribution in [3.63, 3.8) is 0 Å². The first kappa shape index (κ1) is 23.1. The number of nitrogens with zero attached hydrogens (tertiary/aromatic N) is 3. The van der Waals surface area contributed by atoms with Crippen molar-refractivity contribution in [2.75, 3.05) is 4.90 Å². The second-order valence-electron chi connectivity index (χ2n) is 8.10. The van der Waals surface area contributed by atoms with Crippen molar-refractivity contribution in [1.29, 1.82) is 0 Å². The lowest BCUT2D eigenvalue weighted by Gasteiger charge is -2.14. The maximum Gasteiger partial charge on any atom is 0.271 e. The number of amidine groups is 1. The third-order valence-electron chi connectivity index (χ3n) is 5.30. The number of anilines is 1. The minimum absolute atomic E-state index is 0.112. The first-order chi connectivity index (χ1) is 17.0. The minimum Gasteiger partial charge on any atom is -0.489 e. The van der Waals surface area contributed by atoms with Crippen LogP contribution < -0.4 is 9.64 Å². The number of thioether (sulfide) groups is 1. The fraction of sp³-hybridized carbons (Fsp3) is 0.107. The van der Waals surface area contributed by atoms with Crippen molar-refractivity contribution in [3.8, 4) is 5.75 Å². The van der Waals surface area contributed by atoms with E-state index in [-0.39, 0.29) is 5.91 Å². The number of rotatable bonds is 6. The van der Waals surface area contributed by atoms with Crippen molar-refractivity contribution in [1.82, 2.24) is 4.98 Å². The Kier molecular flexibility index (Phi) is 6.79. The Bertz CT molecular complexity index is 1410. The second kappa shape index (κ2) is 10.3. The van der Waals surface area contributed by atoms with E-state index in [1.165, 1.54) is 28.7 Å². The molecule has 5 nitrogen and oxygen atoms in total. The summed E-state index contributed by atoms with van der Waals surface area (Å²) < 4.78 is 5.99. The van der Waals surface area contributed by atoms with Crippen LogP contribution in [0, 0.1) is 13.8 Å². The van der Waals surface area contributed by atoms with Gasteiger partial charge in [-0.2, -0.15) is 4.99 Å². The SMILES string of the molecule is Cc1ccc(COc2cccc(/C=C3\S/C(=N/c4nc(C)cs4)N(c4ccccc4)C3=O)c2)cc1. The smallest absolute Gasteiger partial charge is 0.271 e. The predicted octanol–water partition coefficient (Wildman–Crippen LogP) is 7.15. The van der Waals surface area contributed by atoms with Gasteiger partial charge in [0.25, 0.3) is 5.91 Å². The van der Waals surface area contributed by atoms with Crippen LogP contribution in [-0.4, -0.2) is 16.1 Å². The lowest BCUT2D eigenvalue weighted by atomic mass is 10.1. The molecule has 4 aromatic rings. The van der Waals surface area contributed by atoms with E-state index < -0.39 is 0 Å². The Balaban J connectivity index is 1.41. The summed E-state index contributed by atoms with van der Waals surface area (Å²) in [5.74, 6) is 0.640. The fourth-order valence-corrected chi connectivity index (χ4v) is 5.23. The van der Waals surface area contributed by atoms with Gasteiger partial charge in [-0.25, -0.2) is 4.98 Å². The van der Waals surface area contributed by atoms with Gasteiger partial charge in [0.2, 0.25) is 5.13 Å². The molecule has 2 heterocycles. The summed E-state index contributed by atoms with van der Waals surface area (Å²) in [6, 6.07) is 25.6. The van der Waals surface area contributed by atoms with Crippen LogP contribution in [0.5, 0.6) is 5.75 Å². The molecular formula is C28H23N3O2S2. The molecule has 1 amide bonds. The third-order valence-corrected chi connectivity index (χ3v) is 7.12. The Morgan fingerprint density at radius 2 is 1.80 bits per heavy atom. The molecule has 0 saturated carbocycles. The quantitative estimate of drug-likeness (QED) is 0.266. The number of carbonyl (C=O) groups excluding carboxylic acids is 1. The maximum absolute atomic E-state index is 13.4. The summed E-state index contributed by atoms with van der Waals surface area (Å²) in [7, 11) is 0. The van der Waals surface area contributed by atoms with Crippen LogP contribution in [0.4, 0.5) is 10.8 Å². The van der Waals surface area contributed by atoms with E-state index in [4.69, 9.17) is 9.73 Å². The lowest BCUT2D eigenvalue weighted by Crippen LogP contribution is -2.28. The molecule has 1 aromatic heterocycles. The van der Waals surface area contributed by atoms with Crippen LogP contribution >= 0.6 is 23.1 Å². The molecule has 174 valence electrons. The molecule has 5 rings (SSSR count). The molecule has 0 unspecified atom stereocenters. The number of aromatic nitrogens is 1. The summed E-state index contributed by atoms with van der Waals surface area (Å²) in [6.07, 6.45) is 1.89. The van der Waals surface area contributed by atoms with E-state index in [1.807, 2.05) is 73.0 Å². The number of amides is 1. The monoisotopic (exact) mass is 497 g/mol. The summed E-state index contributed by atoms with van der Waals surface area (Å²) in [5, 5.41) is 3.17. The molecule has 0 N–H and O–H groups in total. The lowest BCUT2D eigenvalue weighted by molar-refractivity contribution is -0.113. The van der Waals surface area contributed by atoms with Crippen molar-refractivity contribution < 1.29 is 9.53 Å². The molecule has 0 aliphatic carbocycles. The molecule has 0 radical (unpaired) electrons. The van der Waals surface area contributed by atoms with Crippen LogP contribution in [0.2, 0.25) is 0 Å². The van der Waals surface area contributed by atoms with Crippen LogP contribution in [0.15, 0.2) is 94.1 Å². The molecule has 1 saturated heterocycles. The highest BCUT2D eigenvalue weighted by Gasteiger charge is 2.35. The molecule has 7 heteroatoms. The first-order valence-electron chi connectivity index (χ1n) is 11.1. The van der Waals surface area contributed by atoms with E-state index in [9.17, 15) is 4.79 Å². The van der Waals surface area contributed by atoms with Gasteiger partial charge in [-0.3, -0.25) is 9.69 Å². The first-order valence-corrected chi connectivity index (χ1v) is 12.8. The average Bonchev–Trinajstić information content (AvgIpc) is 3.41. The maximum atomic E-state index is 13.4. The predicted molar refractivity (Wildman–Crippen MR) is 145 cm³/mol. The van der Waals surface area contributed by atoms with Gasteiger partial charge in [0.15, 0.2) is 5.17 Å². The standard InChI is InChI=1S/C28H23N3O2S2/c1-19-11-13-21(14-12-19)17-33-24-10-6-7-22(15-24)16-25-26(32)31(23-8-4-3-5-9-23)28(35-25)30-27-29-20(2)18-34-27/h3-16,18H,17H2,1-2H3/b25-16-,30-28+. The minimum atomic E-state index is -0.112. The number of aryl methyl sites for hydroxylation is 2. The number of thiazole rings is 1. The summed E-state index contributed by atoms with van der Waals surface area (Å²) >= 11 is 2.81. The molecule has 0 atom stereocenters. The number of hydrogen-bond acceptors (Lipinski definition) is 6. The average molecular weight is 498 g/mol. The van der Waals surface area contributed by atoms with E-state index in [0.29, 0.717) is 21.8 Å². The van der Waals surface area contributed by atoms with Gasteiger partial charge in [-0.05, 0) is 67.1 Å². The molecule has 0 bridgehead atoms. The molecule has 1 aliphatic rings. The van der Waals surface area contributed by atoms with E-state index in [2.05, 4.69) is 36.2 Å². The largest absolute Gasteiger partial charge is 0.489 e. The van der Waals surface area contributed by atoms with Crippen molar-refractivity contribution in [2.24, 2.45) is 4.99 Å². The van der Waals surface area contributed by atoms with Gasteiger partial charge in [0, 0.05) is 5.38 Å². The second-order valence-corrected chi connectivity index (χ2v) is 9.95. The molecular weight excluding hydrogens is 474 g/mol. The summed E-state index contributed by atoms with van der Waals surface area (Å²) in [4.78, 5) is 24.8. The number of para-hydroxylation sites is 1. The Morgan fingerprint density at radius 1 is 1.00 bits per heavy atom. The highest BCUT2D eigenvalue weighted by Crippen LogP contribution is 2.38. The Labute approximate surface area is 212 Å². The van der Waals surface area contributed by atoms with E-state index in [0.717, 1.165) is 28.3 Å². The number of benzene rings is 3. The van der Waals surface area contributed by atoms with Crippen molar-refractivity contribution in [3.05, 3.63) is 112 Å². The Morgan fingerprint density at radius 3 is 2.54 bits per heavy atom. The highest BCUT2D eigenvalue weighted by molar-refractivity contribution is 8.19. The number of ether oxygens (including phenoxy) is 1. The third kappa shape index (κ3) is 5.53. The Hall–Kier alpha value is -3.68. The highest BCUT2D eigenvalue weighted by atomic mass is 32.2. The molecule has 0 spiro atoms.